The fraction of sp³-hybridized carbons (Fsp3) is 0.500. The van der Waals surface area contributed by atoms with E-state index in [1.807, 2.05) is 57.2 Å². The number of amides is 1. The van der Waals surface area contributed by atoms with Crippen LogP contribution in [0.25, 0.3) is 0 Å². The first kappa shape index (κ1) is 23.3. The molecule has 1 aliphatic heterocycles. The van der Waals surface area contributed by atoms with Crippen LogP contribution < -0.4 is 5.32 Å². The van der Waals surface area contributed by atoms with E-state index in [1.165, 1.54) is 12.0 Å². The number of benzene rings is 2. The van der Waals surface area contributed by atoms with E-state index in [0.717, 1.165) is 25.1 Å². The molecule has 2 aromatic carbocycles. The lowest BCUT2D eigenvalue weighted by Gasteiger charge is -2.36. The van der Waals surface area contributed by atoms with E-state index in [1.54, 1.807) is 0 Å². The number of carbonyl (C=O) groups is 1. The molecule has 5 nitrogen and oxygen atoms in total. The summed E-state index contributed by atoms with van der Waals surface area (Å²) in [6.45, 7) is 7.93. The molecule has 5 heteroatoms. The summed E-state index contributed by atoms with van der Waals surface area (Å²) in [6.07, 6.45) is 1.64. The molecule has 1 heterocycles. The van der Waals surface area contributed by atoms with Gasteiger partial charge in [0.25, 0.3) is 0 Å². The second-order valence-corrected chi connectivity index (χ2v) is 9.52. The summed E-state index contributed by atoms with van der Waals surface area (Å²) < 4.78 is 5.45. The van der Waals surface area contributed by atoms with E-state index in [2.05, 4.69) is 34.5 Å². The van der Waals surface area contributed by atoms with Gasteiger partial charge >= 0.3 is 6.09 Å². The molecule has 0 spiro atoms. The summed E-state index contributed by atoms with van der Waals surface area (Å²) in [5.41, 5.74) is 1.85. The molecule has 3 rings (SSSR count). The van der Waals surface area contributed by atoms with E-state index in [0.29, 0.717) is 18.9 Å². The zero-order valence-corrected chi connectivity index (χ0v) is 19.0. The Kier molecular flexibility index (Phi) is 8.10. The quantitative estimate of drug-likeness (QED) is 0.693. The van der Waals surface area contributed by atoms with Gasteiger partial charge in [-0.1, -0.05) is 60.7 Å². The molecule has 2 aromatic rings. The Balaban J connectivity index is 1.65. The summed E-state index contributed by atoms with van der Waals surface area (Å²) in [4.78, 5) is 14.8. The third-order valence-electron chi connectivity index (χ3n) is 5.69. The third-order valence-corrected chi connectivity index (χ3v) is 5.69. The SMILES string of the molecule is CC(C)(C)OC(=O)N[C@H](Cc1ccccc1)[C@@H](O)CN1CCC[C@H](c2ccccc2)C1. The van der Waals surface area contributed by atoms with Crippen molar-refractivity contribution in [3.63, 3.8) is 0 Å². The van der Waals surface area contributed by atoms with E-state index >= 15 is 0 Å². The van der Waals surface area contributed by atoms with Gasteiger partial charge in [0.15, 0.2) is 0 Å². The van der Waals surface area contributed by atoms with Gasteiger partial charge in [0.1, 0.15) is 5.60 Å². The Morgan fingerprint density at radius 1 is 1.13 bits per heavy atom. The molecule has 0 bridgehead atoms. The number of alkyl carbamates (subject to hydrolysis) is 1. The molecule has 0 aliphatic carbocycles. The smallest absolute Gasteiger partial charge is 0.407 e. The minimum atomic E-state index is -0.692. The molecule has 0 unspecified atom stereocenters. The van der Waals surface area contributed by atoms with Crippen molar-refractivity contribution in [1.29, 1.82) is 0 Å². The molecular formula is C26H36N2O3. The molecule has 31 heavy (non-hydrogen) atoms. The number of aliphatic hydroxyl groups excluding tert-OH is 1. The second-order valence-electron chi connectivity index (χ2n) is 9.52. The lowest BCUT2D eigenvalue weighted by atomic mass is 9.90. The lowest BCUT2D eigenvalue weighted by molar-refractivity contribution is 0.0341. The van der Waals surface area contributed by atoms with Crippen molar-refractivity contribution >= 4 is 6.09 Å². The van der Waals surface area contributed by atoms with Gasteiger partial charge in [-0.3, -0.25) is 0 Å². The number of likely N-dealkylation sites (tertiary alicyclic amines) is 1. The van der Waals surface area contributed by atoms with Crippen LogP contribution in [0.1, 0.15) is 50.7 Å². The highest BCUT2D eigenvalue weighted by Gasteiger charge is 2.29. The zero-order valence-electron chi connectivity index (χ0n) is 19.0. The van der Waals surface area contributed by atoms with Crippen molar-refractivity contribution in [1.82, 2.24) is 10.2 Å². The molecule has 0 aromatic heterocycles. The minimum absolute atomic E-state index is 0.422. The molecule has 0 saturated carbocycles. The van der Waals surface area contributed by atoms with Crippen molar-refractivity contribution in [3.05, 3.63) is 71.8 Å². The Morgan fingerprint density at radius 2 is 1.77 bits per heavy atom. The van der Waals surface area contributed by atoms with E-state index in [-0.39, 0.29) is 0 Å². The topological polar surface area (TPSA) is 61.8 Å². The Hall–Kier alpha value is -2.37. The molecule has 0 radical (unpaired) electrons. The number of hydrogen-bond donors (Lipinski definition) is 2. The Labute approximate surface area is 186 Å². The first-order chi connectivity index (χ1) is 14.8. The number of nitrogens with one attached hydrogen (secondary N) is 1. The standard InChI is InChI=1S/C26H36N2O3/c1-26(2,3)31-25(30)27-23(17-20-11-6-4-7-12-20)24(29)19-28-16-10-15-22(18-28)21-13-8-5-9-14-21/h4-9,11-14,22-24,29H,10,15-19H2,1-3H3,(H,27,30)/t22-,23+,24-/m0/s1. The normalized spacial score (nSPS) is 19.4. The van der Waals surface area contributed by atoms with E-state index in [4.69, 9.17) is 4.74 Å². The van der Waals surface area contributed by atoms with Gasteiger partial charge in [-0.2, -0.15) is 0 Å². The van der Waals surface area contributed by atoms with Crippen LogP contribution in [0.15, 0.2) is 60.7 Å². The van der Waals surface area contributed by atoms with Crippen LogP contribution >= 0.6 is 0 Å². The van der Waals surface area contributed by atoms with Crippen LogP contribution in [0, 0.1) is 0 Å². The average Bonchev–Trinajstić information content (AvgIpc) is 2.73. The number of hydrogen-bond acceptors (Lipinski definition) is 4. The molecular weight excluding hydrogens is 388 g/mol. The predicted octanol–water partition coefficient (Wildman–Crippen LogP) is 4.36. The van der Waals surface area contributed by atoms with Crippen molar-refractivity contribution < 1.29 is 14.6 Å². The summed E-state index contributed by atoms with van der Waals surface area (Å²) in [5.74, 6) is 0.480. The highest BCUT2D eigenvalue weighted by Crippen LogP contribution is 2.27. The molecule has 2 N–H and O–H groups in total. The highest BCUT2D eigenvalue weighted by molar-refractivity contribution is 5.68. The summed E-state index contributed by atoms with van der Waals surface area (Å²) in [5, 5.41) is 14.0. The maximum absolute atomic E-state index is 12.4. The molecule has 1 fully saturated rings. The number of ether oxygens (including phenoxy) is 1. The second kappa shape index (κ2) is 10.8. The molecule has 1 amide bonds. The monoisotopic (exact) mass is 424 g/mol. The predicted molar refractivity (Wildman–Crippen MR) is 124 cm³/mol. The number of aliphatic hydroxyl groups is 1. The maximum Gasteiger partial charge on any atom is 0.407 e. The van der Waals surface area contributed by atoms with Gasteiger partial charge in [-0.05, 0) is 63.6 Å². The number of nitrogens with zero attached hydrogens (tertiary/aromatic N) is 1. The largest absolute Gasteiger partial charge is 0.444 e. The summed E-state index contributed by atoms with van der Waals surface area (Å²) >= 11 is 0. The number of rotatable bonds is 7. The first-order valence-corrected chi connectivity index (χ1v) is 11.3. The third kappa shape index (κ3) is 7.67. The van der Waals surface area contributed by atoms with Crippen LogP contribution in [-0.4, -0.2) is 53.5 Å². The summed E-state index contributed by atoms with van der Waals surface area (Å²) in [6, 6.07) is 20.1. The maximum atomic E-state index is 12.4. The van der Waals surface area contributed by atoms with E-state index < -0.39 is 23.8 Å². The van der Waals surface area contributed by atoms with Crippen LogP contribution in [0.3, 0.4) is 0 Å². The fourth-order valence-electron chi connectivity index (χ4n) is 4.22. The van der Waals surface area contributed by atoms with Gasteiger partial charge in [0, 0.05) is 13.1 Å². The van der Waals surface area contributed by atoms with Crippen molar-refractivity contribution in [2.24, 2.45) is 0 Å². The highest BCUT2D eigenvalue weighted by atomic mass is 16.6. The van der Waals surface area contributed by atoms with Gasteiger partial charge < -0.3 is 20.1 Å². The van der Waals surface area contributed by atoms with Crippen LogP contribution in [0.4, 0.5) is 4.79 Å². The van der Waals surface area contributed by atoms with Crippen LogP contribution in [0.2, 0.25) is 0 Å². The minimum Gasteiger partial charge on any atom is -0.444 e. The van der Waals surface area contributed by atoms with Gasteiger partial charge in [0.05, 0.1) is 12.1 Å². The van der Waals surface area contributed by atoms with Crippen molar-refractivity contribution in [2.75, 3.05) is 19.6 Å². The molecule has 3 atom stereocenters. The lowest BCUT2D eigenvalue weighted by Crippen LogP contribution is -2.51. The Morgan fingerprint density at radius 3 is 2.42 bits per heavy atom. The van der Waals surface area contributed by atoms with Crippen LogP contribution in [-0.2, 0) is 11.2 Å². The average molecular weight is 425 g/mol. The molecule has 168 valence electrons. The van der Waals surface area contributed by atoms with Gasteiger partial charge in [0.2, 0.25) is 0 Å². The zero-order chi connectivity index (χ0) is 22.3. The molecule has 1 saturated heterocycles. The van der Waals surface area contributed by atoms with Crippen LogP contribution in [0.5, 0.6) is 0 Å². The van der Waals surface area contributed by atoms with Crippen molar-refractivity contribution in [2.45, 2.75) is 63.7 Å². The molecule has 1 aliphatic rings. The van der Waals surface area contributed by atoms with Gasteiger partial charge in [-0.25, -0.2) is 4.79 Å². The number of carbonyl (C=O) groups excluding carboxylic acids is 1. The van der Waals surface area contributed by atoms with E-state index in [9.17, 15) is 9.90 Å². The van der Waals surface area contributed by atoms with Gasteiger partial charge in [-0.15, -0.1) is 0 Å². The summed E-state index contributed by atoms with van der Waals surface area (Å²) in [7, 11) is 0. The van der Waals surface area contributed by atoms with Crippen molar-refractivity contribution in [3.8, 4) is 0 Å². The first-order valence-electron chi connectivity index (χ1n) is 11.3. The Bertz CT molecular complexity index is 804. The fourth-order valence-corrected chi connectivity index (χ4v) is 4.22. The number of piperidine rings is 1. The number of β-amino-alcohol motifs (C(OH)–C–C–N with tert-alkyl or cyclic N) is 1.